The summed E-state index contributed by atoms with van der Waals surface area (Å²) < 4.78 is 24.0. The molecule has 1 fully saturated rings. The van der Waals surface area contributed by atoms with Crippen molar-refractivity contribution in [2.75, 3.05) is 12.3 Å². The lowest BCUT2D eigenvalue weighted by Crippen LogP contribution is -2.40. The van der Waals surface area contributed by atoms with Gasteiger partial charge in [-0.05, 0) is 49.7 Å². The summed E-state index contributed by atoms with van der Waals surface area (Å²) in [4.78, 5) is 12.2. The lowest BCUT2D eigenvalue weighted by molar-refractivity contribution is -0.120. The first-order valence-corrected chi connectivity index (χ1v) is 10.2. The van der Waals surface area contributed by atoms with Crippen LogP contribution < -0.4 is 5.32 Å². The first kappa shape index (κ1) is 16.5. The minimum Gasteiger partial charge on any atom is -0.355 e. The molecule has 0 bridgehead atoms. The minimum absolute atomic E-state index is 0.0718. The average molecular weight is 335 g/mol. The van der Waals surface area contributed by atoms with E-state index in [1.54, 1.807) is 0 Å². The van der Waals surface area contributed by atoms with Crippen LogP contribution in [0.4, 0.5) is 0 Å². The van der Waals surface area contributed by atoms with Crippen molar-refractivity contribution in [3.05, 3.63) is 35.4 Å². The molecule has 0 radical (unpaired) electrons. The van der Waals surface area contributed by atoms with Crippen molar-refractivity contribution < 1.29 is 13.2 Å². The Morgan fingerprint density at radius 1 is 1.39 bits per heavy atom. The van der Waals surface area contributed by atoms with E-state index in [0.717, 1.165) is 19.3 Å². The van der Waals surface area contributed by atoms with Crippen molar-refractivity contribution in [2.45, 2.75) is 50.2 Å². The van der Waals surface area contributed by atoms with Crippen molar-refractivity contribution in [1.82, 2.24) is 5.32 Å². The van der Waals surface area contributed by atoms with E-state index >= 15 is 0 Å². The number of carbonyl (C=O) groups excluding carboxylic acids is 1. The molecule has 1 aromatic carbocycles. The van der Waals surface area contributed by atoms with E-state index < -0.39 is 15.1 Å². The quantitative estimate of drug-likeness (QED) is 0.867. The topological polar surface area (TPSA) is 63.2 Å². The van der Waals surface area contributed by atoms with Gasteiger partial charge in [0.15, 0.2) is 9.84 Å². The fraction of sp³-hybridized carbons (Fsp3) is 0.611. The molecule has 126 valence electrons. The molecule has 0 aliphatic heterocycles. The first-order chi connectivity index (χ1) is 10.9. The van der Waals surface area contributed by atoms with Crippen LogP contribution >= 0.6 is 0 Å². The second kappa shape index (κ2) is 5.93. The Labute approximate surface area is 138 Å². The van der Waals surface area contributed by atoms with Gasteiger partial charge in [-0.3, -0.25) is 4.79 Å². The van der Waals surface area contributed by atoms with Crippen molar-refractivity contribution >= 4 is 15.7 Å². The van der Waals surface area contributed by atoms with Gasteiger partial charge in [-0.1, -0.05) is 31.2 Å². The fourth-order valence-electron chi connectivity index (χ4n) is 3.99. The summed E-state index contributed by atoms with van der Waals surface area (Å²) in [5.74, 6) is 0.158. The van der Waals surface area contributed by atoms with Gasteiger partial charge in [-0.2, -0.15) is 0 Å². The molecule has 1 saturated carbocycles. The summed E-state index contributed by atoms with van der Waals surface area (Å²) in [6.07, 6.45) is 3.90. The number of sulfone groups is 1. The van der Waals surface area contributed by atoms with Crippen molar-refractivity contribution in [2.24, 2.45) is 5.92 Å². The van der Waals surface area contributed by atoms with Crippen LogP contribution in [0, 0.1) is 5.92 Å². The smallest absolute Gasteiger partial charge is 0.238 e. The summed E-state index contributed by atoms with van der Waals surface area (Å²) >= 11 is 0. The molecule has 0 saturated heterocycles. The zero-order valence-corrected chi connectivity index (χ0v) is 14.7. The van der Waals surface area contributed by atoms with Crippen LogP contribution in [0.3, 0.4) is 0 Å². The maximum absolute atomic E-state index is 12.2. The summed E-state index contributed by atoms with van der Waals surface area (Å²) in [5.41, 5.74) is 3.10. The number of amides is 1. The highest BCUT2D eigenvalue weighted by atomic mass is 32.2. The second-order valence-corrected chi connectivity index (χ2v) is 9.41. The molecule has 2 aliphatic rings. The number of hydrogen-bond donors (Lipinski definition) is 1. The summed E-state index contributed by atoms with van der Waals surface area (Å²) in [7, 11) is -3.33. The van der Waals surface area contributed by atoms with Crippen LogP contribution in [-0.4, -0.2) is 31.9 Å². The third kappa shape index (κ3) is 2.91. The van der Waals surface area contributed by atoms with Crippen molar-refractivity contribution in [3.8, 4) is 0 Å². The van der Waals surface area contributed by atoms with Gasteiger partial charge in [-0.15, -0.1) is 0 Å². The van der Waals surface area contributed by atoms with Crippen LogP contribution in [0.15, 0.2) is 24.3 Å². The van der Waals surface area contributed by atoms with Gasteiger partial charge in [0.25, 0.3) is 0 Å². The Morgan fingerprint density at radius 2 is 2.13 bits per heavy atom. The Bertz CT molecular complexity index is 713. The predicted molar refractivity (Wildman–Crippen MR) is 91.1 cm³/mol. The highest BCUT2D eigenvalue weighted by molar-refractivity contribution is 7.92. The number of rotatable bonds is 6. The lowest BCUT2D eigenvalue weighted by atomic mass is 9.95. The highest BCUT2D eigenvalue weighted by Gasteiger charge is 2.57. The largest absolute Gasteiger partial charge is 0.355 e. The summed E-state index contributed by atoms with van der Waals surface area (Å²) in [6, 6.07) is 8.56. The maximum Gasteiger partial charge on any atom is 0.238 e. The Hall–Kier alpha value is -1.36. The number of nitrogens with one attached hydrogen (secondary N) is 1. The molecule has 1 N–H and O–H groups in total. The molecule has 0 unspecified atom stereocenters. The Balaban J connectivity index is 1.58. The normalized spacial score (nSPS) is 26.8. The Kier molecular flexibility index (Phi) is 4.25. The summed E-state index contributed by atoms with van der Waals surface area (Å²) in [6.45, 7) is 3.89. The van der Waals surface area contributed by atoms with Crippen LogP contribution in [0.25, 0.3) is 0 Å². The van der Waals surface area contributed by atoms with Crippen LogP contribution in [0.1, 0.15) is 44.2 Å². The van der Waals surface area contributed by atoms with E-state index in [2.05, 4.69) is 29.6 Å². The fourth-order valence-corrected chi connectivity index (χ4v) is 5.32. The van der Waals surface area contributed by atoms with Crippen LogP contribution in [-0.2, 0) is 26.5 Å². The van der Waals surface area contributed by atoms with Gasteiger partial charge < -0.3 is 5.32 Å². The van der Waals surface area contributed by atoms with Crippen molar-refractivity contribution in [1.29, 1.82) is 0 Å². The molecule has 1 amide bonds. The number of carbonyl (C=O) groups is 1. The standard InChI is InChI=1S/C18H25NO3S/c1-3-10-23(21,22)13(2)17(20)19-12-15-11-18(15)9-8-14-6-4-5-7-16(14)18/h4-7,13,15H,3,8-12H2,1-2H3,(H,19,20)/t13-,15+,18+/m1/s1. The van der Waals surface area contributed by atoms with Crippen LogP contribution in [0.5, 0.6) is 0 Å². The molecular weight excluding hydrogens is 310 g/mol. The van der Waals surface area contributed by atoms with E-state index in [9.17, 15) is 13.2 Å². The molecule has 0 aromatic heterocycles. The minimum atomic E-state index is -3.33. The highest BCUT2D eigenvalue weighted by Crippen LogP contribution is 2.61. The monoisotopic (exact) mass is 335 g/mol. The first-order valence-electron chi connectivity index (χ1n) is 8.48. The third-order valence-electron chi connectivity index (χ3n) is 5.55. The average Bonchev–Trinajstić information content (AvgIpc) is 3.11. The molecular formula is C18H25NO3S. The zero-order valence-electron chi connectivity index (χ0n) is 13.8. The Morgan fingerprint density at radius 3 is 2.87 bits per heavy atom. The molecule has 1 aromatic rings. The zero-order chi connectivity index (χ0) is 16.7. The lowest BCUT2D eigenvalue weighted by Gasteiger charge is -2.15. The number of fused-ring (bicyclic) bond motifs is 2. The van der Waals surface area contributed by atoms with Gasteiger partial charge in [0.1, 0.15) is 5.25 Å². The van der Waals surface area contributed by atoms with Gasteiger partial charge >= 0.3 is 0 Å². The van der Waals surface area contributed by atoms with E-state index in [1.165, 1.54) is 18.1 Å². The van der Waals surface area contributed by atoms with Crippen molar-refractivity contribution in [3.63, 3.8) is 0 Å². The predicted octanol–water partition coefficient (Wildman–Crippen LogP) is 2.22. The number of aryl methyl sites for hydroxylation is 1. The van der Waals surface area contributed by atoms with Gasteiger partial charge in [-0.25, -0.2) is 8.42 Å². The summed E-state index contributed by atoms with van der Waals surface area (Å²) in [5, 5.41) is 1.92. The molecule has 2 aliphatic carbocycles. The molecule has 5 heteroatoms. The van der Waals surface area contributed by atoms with Gasteiger partial charge in [0.2, 0.25) is 5.91 Å². The van der Waals surface area contributed by atoms with Gasteiger partial charge in [0, 0.05) is 12.0 Å². The number of hydrogen-bond acceptors (Lipinski definition) is 3. The van der Waals surface area contributed by atoms with Crippen LogP contribution in [0.2, 0.25) is 0 Å². The maximum atomic E-state index is 12.2. The van der Waals surface area contributed by atoms with E-state index in [-0.39, 0.29) is 17.1 Å². The van der Waals surface area contributed by atoms with Gasteiger partial charge in [0.05, 0.1) is 5.75 Å². The van der Waals surface area contributed by atoms with E-state index in [1.807, 2.05) is 6.92 Å². The second-order valence-electron chi connectivity index (χ2n) is 6.97. The molecule has 0 heterocycles. The number of benzene rings is 1. The molecule has 3 rings (SSSR count). The van der Waals surface area contributed by atoms with E-state index in [0.29, 0.717) is 18.9 Å². The molecule has 4 nitrogen and oxygen atoms in total. The molecule has 3 atom stereocenters. The van der Waals surface area contributed by atoms with E-state index in [4.69, 9.17) is 0 Å². The third-order valence-corrected chi connectivity index (χ3v) is 7.81. The molecule has 1 spiro atoms. The molecule has 23 heavy (non-hydrogen) atoms. The SMILES string of the molecule is CCCS(=O)(=O)[C@H](C)C(=O)NC[C@@H]1C[C@@]12CCc1ccccc12.